The van der Waals surface area contributed by atoms with Crippen molar-refractivity contribution in [2.24, 2.45) is 0 Å². The van der Waals surface area contributed by atoms with Crippen molar-refractivity contribution in [1.82, 2.24) is 0 Å². The maximum absolute atomic E-state index is 11.4. The normalized spacial score (nSPS) is 15.9. The molecule has 0 spiro atoms. The van der Waals surface area contributed by atoms with Crippen LogP contribution in [0.1, 0.15) is 12.0 Å². The number of hydrogen-bond acceptors (Lipinski definition) is 3. The molecule has 3 heteroatoms. The Balaban J connectivity index is 2.36. The fourth-order valence-corrected chi connectivity index (χ4v) is 2.57. The lowest BCUT2D eigenvalue weighted by Crippen LogP contribution is -2.01. The Morgan fingerprint density at radius 1 is 1.43 bits per heavy atom. The van der Waals surface area contributed by atoms with Crippen molar-refractivity contribution in [3.8, 4) is 5.75 Å². The number of ether oxygens (including phenoxy) is 1. The van der Waals surface area contributed by atoms with Crippen LogP contribution in [-0.2, 0) is 11.2 Å². The molecular formula is C11H12O2S. The standard InChI is InChI=1S/C11H12O2S/c1-13-10-2-3-11-8(7-10)6-9(12)4-5-14-11/h2-3,7H,4-6H2,1H3. The molecule has 74 valence electrons. The molecule has 0 atom stereocenters. The Labute approximate surface area is 87.6 Å². The van der Waals surface area contributed by atoms with Crippen LogP contribution < -0.4 is 4.74 Å². The topological polar surface area (TPSA) is 26.3 Å². The summed E-state index contributed by atoms with van der Waals surface area (Å²) in [5.41, 5.74) is 1.11. The van der Waals surface area contributed by atoms with Crippen molar-refractivity contribution in [3.05, 3.63) is 23.8 Å². The van der Waals surface area contributed by atoms with Crippen LogP contribution in [0.2, 0.25) is 0 Å². The molecule has 2 nitrogen and oxygen atoms in total. The molecule has 0 N–H and O–H groups in total. The molecular weight excluding hydrogens is 196 g/mol. The average Bonchev–Trinajstić information content (AvgIpc) is 2.37. The summed E-state index contributed by atoms with van der Waals surface area (Å²) in [4.78, 5) is 12.6. The predicted octanol–water partition coefficient (Wildman–Crippen LogP) is 2.30. The van der Waals surface area contributed by atoms with Gasteiger partial charge in [0.1, 0.15) is 11.5 Å². The summed E-state index contributed by atoms with van der Waals surface area (Å²) in [5.74, 6) is 2.06. The van der Waals surface area contributed by atoms with Crippen LogP contribution in [0.25, 0.3) is 0 Å². The Bertz CT molecular complexity index is 360. The molecule has 0 fully saturated rings. The molecule has 1 heterocycles. The van der Waals surface area contributed by atoms with Gasteiger partial charge in [0.05, 0.1) is 7.11 Å². The SMILES string of the molecule is COc1ccc2c(c1)CC(=O)CCS2. The van der Waals surface area contributed by atoms with Gasteiger partial charge in [0.15, 0.2) is 0 Å². The zero-order valence-corrected chi connectivity index (χ0v) is 8.89. The zero-order valence-electron chi connectivity index (χ0n) is 8.08. The first-order chi connectivity index (χ1) is 6.79. The summed E-state index contributed by atoms with van der Waals surface area (Å²) in [6.07, 6.45) is 1.24. The third kappa shape index (κ3) is 1.93. The first-order valence-electron chi connectivity index (χ1n) is 4.61. The molecule has 0 amide bonds. The van der Waals surface area contributed by atoms with E-state index in [1.807, 2.05) is 18.2 Å². The Kier molecular flexibility index (Phi) is 2.77. The van der Waals surface area contributed by atoms with Crippen molar-refractivity contribution < 1.29 is 9.53 Å². The predicted molar refractivity (Wildman–Crippen MR) is 57.0 cm³/mol. The van der Waals surface area contributed by atoms with Crippen molar-refractivity contribution in [3.63, 3.8) is 0 Å². The van der Waals surface area contributed by atoms with Gasteiger partial charge in [0, 0.05) is 23.5 Å². The number of benzene rings is 1. The Morgan fingerprint density at radius 3 is 3.07 bits per heavy atom. The van der Waals surface area contributed by atoms with Gasteiger partial charge in [-0.15, -0.1) is 11.8 Å². The van der Waals surface area contributed by atoms with E-state index in [-0.39, 0.29) is 0 Å². The Morgan fingerprint density at radius 2 is 2.29 bits per heavy atom. The maximum atomic E-state index is 11.4. The third-order valence-electron chi connectivity index (χ3n) is 2.29. The fraction of sp³-hybridized carbons (Fsp3) is 0.364. The van der Waals surface area contributed by atoms with Gasteiger partial charge < -0.3 is 4.74 Å². The van der Waals surface area contributed by atoms with Gasteiger partial charge in [-0.1, -0.05) is 0 Å². The van der Waals surface area contributed by atoms with Crippen molar-refractivity contribution in [2.45, 2.75) is 17.7 Å². The summed E-state index contributed by atoms with van der Waals surface area (Å²) < 4.78 is 5.14. The van der Waals surface area contributed by atoms with E-state index in [2.05, 4.69) is 0 Å². The zero-order chi connectivity index (χ0) is 9.97. The van der Waals surface area contributed by atoms with Crippen LogP contribution in [0.3, 0.4) is 0 Å². The largest absolute Gasteiger partial charge is 0.497 e. The van der Waals surface area contributed by atoms with Crippen LogP contribution in [0.15, 0.2) is 23.1 Å². The molecule has 0 unspecified atom stereocenters. The van der Waals surface area contributed by atoms with Gasteiger partial charge in [0.2, 0.25) is 0 Å². The molecule has 0 aromatic heterocycles. The number of rotatable bonds is 1. The highest BCUT2D eigenvalue weighted by Crippen LogP contribution is 2.30. The van der Waals surface area contributed by atoms with E-state index in [1.54, 1.807) is 18.9 Å². The molecule has 0 saturated heterocycles. The van der Waals surface area contributed by atoms with Crippen molar-refractivity contribution in [2.75, 3.05) is 12.9 Å². The number of methoxy groups -OCH3 is 1. The second-order valence-corrected chi connectivity index (χ2v) is 4.42. The highest BCUT2D eigenvalue weighted by molar-refractivity contribution is 7.99. The Hall–Kier alpha value is -0.960. The van der Waals surface area contributed by atoms with Crippen molar-refractivity contribution >= 4 is 17.5 Å². The highest BCUT2D eigenvalue weighted by Gasteiger charge is 2.14. The average molecular weight is 208 g/mol. The van der Waals surface area contributed by atoms with Crippen molar-refractivity contribution in [1.29, 1.82) is 0 Å². The van der Waals surface area contributed by atoms with E-state index in [0.29, 0.717) is 18.6 Å². The van der Waals surface area contributed by atoms with Crippen LogP contribution in [0.4, 0.5) is 0 Å². The second kappa shape index (κ2) is 4.05. The van der Waals surface area contributed by atoms with E-state index in [1.165, 1.54) is 4.90 Å². The first kappa shape index (κ1) is 9.59. The number of thioether (sulfide) groups is 1. The van der Waals surface area contributed by atoms with Gasteiger partial charge in [0.25, 0.3) is 0 Å². The van der Waals surface area contributed by atoms with Gasteiger partial charge in [-0.2, -0.15) is 0 Å². The fourth-order valence-electron chi connectivity index (χ4n) is 1.54. The summed E-state index contributed by atoms with van der Waals surface area (Å²) in [6.45, 7) is 0. The van der Waals surface area contributed by atoms with Crippen LogP contribution in [0.5, 0.6) is 5.75 Å². The van der Waals surface area contributed by atoms with E-state index in [9.17, 15) is 4.79 Å². The lowest BCUT2D eigenvalue weighted by atomic mass is 10.1. The number of carbonyl (C=O) groups excluding carboxylic acids is 1. The minimum Gasteiger partial charge on any atom is -0.497 e. The quantitative estimate of drug-likeness (QED) is 0.708. The summed E-state index contributed by atoms with van der Waals surface area (Å²) >= 11 is 1.76. The van der Waals surface area contributed by atoms with Crippen LogP contribution >= 0.6 is 11.8 Å². The van der Waals surface area contributed by atoms with E-state index < -0.39 is 0 Å². The first-order valence-corrected chi connectivity index (χ1v) is 5.59. The van der Waals surface area contributed by atoms with Crippen LogP contribution in [-0.4, -0.2) is 18.6 Å². The van der Waals surface area contributed by atoms with Gasteiger partial charge in [-0.25, -0.2) is 0 Å². The lowest BCUT2D eigenvalue weighted by Gasteiger charge is -2.06. The molecule has 14 heavy (non-hydrogen) atoms. The van der Waals surface area contributed by atoms with Gasteiger partial charge in [-0.3, -0.25) is 4.79 Å². The monoisotopic (exact) mass is 208 g/mol. The van der Waals surface area contributed by atoms with E-state index in [4.69, 9.17) is 4.74 Å². The number of ketones is 1. The molecule has 0 bridgehead atoms. The molecule has 0 saturated carbocycles. The third-order valence-corrected chi connectivity index (χ3v) is 3.41. The summed E-state index contributed by atoms with van der Waals surface area (Å²) in [5, 5.41) is 0. The molecule has 2 rings (SSSR count). The molecule has 1 aromatic rings. The van der Waals surface area contributed by atoms with Crippen LogP contribution in [0, 0.1) is 0 Å². The molecule has 0 aliphatic carbocycles. The molecule has 1 aliphatic heterocycles. The number of Topliss-reactive ketones (excluding diaryl/α,β-unsaturated/α-hetero) is 1. The molecule has 1 aliphatic rings. The van der Waals surface area contributed by atoms with E-state index >= 15 is 0 Å². The highest BCUT2D eigenvalue weighted by atomic mass is 32.2. The lowest BCUT2D eigenvalue weighted by molar-refractivity contribution is -0.118. The molecule has 0 radical (unpaired) electrons. The maximum Gasteiger partial charge on any atom is 0.138 e. The van der Waals surface area contributed by atoms with Gasteiger partial charge in [-0.05, 0) is 23.8 Å². The number of fused-ring (bicyclic) bond motifs is 1. The minimum absolute atomic E-state index is 0.324. The summed E-state index contributed by atoms with van der Waals surface area (Å²) in [6, 6.07) is 5.95. The number of hydrogen-bond donors (Lipinski definition) is 0. The second-order valence-electron chi connectivity index (χ2n) is 3.29. The minimum atomic E-state index is 0.324. The van der Waals surface area contributed by atoms with E-state index in [0.717, 1.165) is 17.1 Å². The number of carbonyl (C=O) groups is 1. The molecule has 1 aromatic carbocycles. The summed E-state index contributed by atoms with van der Waals surface area (Å²) in [7, 11) is 1.65. The smallest absolute Gasteiger partial charge is 0.138 e. The van der Waals surface area contributed by atoms with Gasteiger partial charge >= 0.3 is 0 Å².